The predicted octanol–water partition coefficient (Wildman–Crippen LogP) is -1.09. The molecule has 1 heterocycles. The summed E-state index contributed by atoms with van der Waals surface area (Å²) < 4.78 is 5.15. The van der Waals surface area contributed by atoms with Crippen molar-refractivity contribution in [3.8, 4) is 0 Å². The lowest BCUT2D eigenvalue weighted by molar-refractivity contribution is -0.151. The molecular weight excluding hydrogens is 222 g/mol. The van der Waals surface area contributed by atoms with Crippen LogP contribution in [0, 0.1) is 0 Å². The third-order valence-corrected chi connectivity index (χ3v) is 2.71. The summed E-state index contributed by atoms with van der Waals surface area (Å²) in [4.78, 5) is 26.6. The lowest BCUT2D eigenvalue weighted by Gasteiger charge is -2.28. The van der Waals surface area contributed by atoms with Gasteiger partial charge in [0, 0.05) is 46.4 Å². The molecule has 6 heteroatoms. The lowest BCUT2D eigenvalue weighted by atomic mass is 10.3. The van der Waals surface area contributed by atoms with E-state index in [2.05, 4.69) is 5.32 Å². The van der Waals surface area contributed by atoms with Crippen LogP contribution in [0.25, 0.3) is 0 Å². The summed E-state index contributed by atoms with van der Waals surface area (Å²) in [5, 5.41) is 3.14. The Balaban J connectivity index is 2.36. The van der Waals surface area contributed by atoms with Crippen molar-refractivity contribution in [1.29, 1.82) is 0 Å². The van der Waals surface area contributed by atoms with Gasteiger partial charge in [0.15, 0.2) is 0 Å². The molecule has 0 saturated carbocycles. The molecule has 0 spiro atoms. The smallest absolute Gasteiger partial charge is 0.312 e. The third-order valence-electron chi connectivity index (χ3n) is 2.71. The number of hydrogen-bond acceptors (Lipinski definition) is 4. The van der Waals surface area contributed by atoms with Gasteiger partial charge in [-0.15, -0.1) is 0 Å². The molecule has 1 saturated heterocycles. The fourth-order valence-electron chi connectivity index (χ4n) is 1.61. The van der Waals surface area contributed by atoms with E-state index in [1.165, 1.54) is 4.90 Å². The molecule has 0 aromatic carbocycles. The molecule has 0 aliphatic carbocycles. The van der Waals surface area contributed by atoms with Crippen LogP contribution in [-0.2, 0) is 14.3 Å². The largest absolute Gasteiger partial charge is 0.380 e. The van der Waals surface area contributed by atoms with Crippen LogP contribution in [0.5, 0.6) is 0 Å². The van der Waals surface area contributed by atoms with Crippen molar-refractivity contribution in [3.05, 3.63) is 0 Å². The number of carbonyl (C=O) groups is 2. The Morgan fingerprint density at radius 3 is 2.59 bits per heavy atom. The van der Waals surface area contributed by atoms with Crippen LogP contribution in [0.1, 0.15) is 6.92 Å². The molecule has 1 rings (SSSR count). The van der Waals surface area contributed by atoms with Gasteiger partial charge in [0.25, 0.3) is 0 Å². The molecule has 98 valence electrons. The van der Waals surface area contributed by atoms with Crippen LogP contribution in [0.2, 0.25) is 0 Å². The molecule has 6 nitrogen and oxygen atoms in total. The minimum Gasteiger partial charge on any atom is -0.380 e. The number of nitrogens with one attached hydrogen (secondary N) is 1. The second-order valence-corrected chi connectivity index (χ2v) is 3.97. The fourth-order valence-corrected chi connectivity index (χ4v) is 1.61. The van der Waals surface area contributed by atoms with Gasteiger partial charge >= 0.3 is 11.8 Å². The summed E-state index contributed by atoms with van der Waals surface area (Å²) >= 11 is 0. The zero-order valence-electron chi connectivity index (χ0n) is 10.6. The molecule has 1 aliphatic heterocycles. The van der Waals surface area contributed by atoms with Gasteiger partial charge in [-0.1, -0.05) is 0 Å². The van der Waals surface area contributed by atoms with E-state index in [1.54, 1.807) is 11.9 Å². The SMILES string of the molecule is CCOCCN(C)C(=O)C(=O)N1CCNCC1. The van der Waals surface area contributed by atoms with Crippen molar-refractivity contribution in [1.82, 2.24) is 15.1 Å². The number of piperazine rings is 1. The number of amides is 2. The minimum atomic E-state index is -0.452. The van der Waals surface area contributed by atoms with E-state index in [1.807, 2.05) is 6.92 Å². The normalized spacial score (nSPS) is 15.8. The maximum Gasteiger partial charge on any atom is 0.312 e. The van der Waals surface area contributed by atoms with Gasteiger partial charge in [0.2, 0.25) is 0 Å². The first-order valence-electron chi connectivity index (χ1n) is 5.99. The second kappa shape index (κ2) is 7.24. The number of nitrogens with zero attached hydrogens (tertiary/aromatic N) is 2. The quantitative estimate of drug-likeness (QED) is 0.503. The third kappa shape index (κ3) is 4.32. The van der Waals surface area contributed by atoms with Crippen LogP contribution >= 0.6 is 0 Å². The average Bonchev–Trinajstić information content (AvgIpc) is 2.38. The van der Waals surface area contributed by atoms with Crippen molar-refractivity contribution < 1.29 is 14.3 Å². The van der Waals surface area contributed by atoms with Gasteiger partial charge < -0.3 is 19.9 Å². The number of rotatable bonds is 4. The van der Waals surface area contributed by atoms with E-state index >= 15 is 0 Å². The minimum absolute atomic E-state index is 0.412. The number of ether oxygens (including phenoxy) is 1. The van der Waals surface area contributed by atoms with Crippen LogP contribution in [0.15, 0.2) is 0 Å². The Bertz CT molecular complexity index is 265. The first-order chi connectivity index (χ1) is 8.16. The van der Waals surface area contributed by atoms with Crippen LogP contribution in [0.3, 0.4) is 0 Å². The van der Waals surface area contributed by atoms with Gasteiger partial charge in [-0.25, -0.2) is 0 Å². The Morgan fingerprint density at radius 2 is 2.00 bits per heavy atom. The molecule has 2 amide bonds. The first kappa shape index (κ1) is 13.9. The topological polar surface area (TPSA) is 61.9 Å². The molecule has 1 fully saturated rings. The fraction of sp³-hybridized carbons (Fsp3) is 0.818. The molecule has 17 heavy (non-hydrogen) atoms. The van der Waals surface area contributed by atoms with Gasteiger partial charge in [-0.3, -0.25) is 9.59 Å². The zero-order valence-corrected chi connectivity index (χ0v) is 10.6. The molecule has 0 atom stereocenters. The van der Waals surface area contributed by atoms with E-state index in [0.717, 1.165) is 13.1 Å². The van der Waals surface area contributed by atoms with Gasteiger partial charge in [0.05, 0.1) is 6.61 Å². The summed E-state index contributed by atoms with van der Waals surface area (Å²) in [7, 11) is 1.63. The van der Waals surface area contributed by atoms with Crippen molar-refractivity contribution in [2.45, 2.75) is 6.92 Å². The van der Waals surface area contributed by atoms with E-state index in [4.69, 9.17) is 4.74 Å². The van der Waals surface area contributed by atoms with E-state index < -0.39 is 11.8 Å². The van der Waals surface area contributed by atoms with Gasteiger partial charge in [0.1, 0.15) is 0 Å². The lowest BCUT2D eigenvalue weighted by Crippen LogP contribution is -2.51. The molecule has 0 radical (unpaired) electrons. The highest BCUT2D eigenvalue weighted by Gasteiger charge is 2.25. The average molecular weight is 243 g/mol. The van der Waals surface area contributed by atoms with E-state index in [0.29, 0.717) is 32.8 Å². The monoisotopic (exact) mass is 243 g/mol. The summed E-state index contributed by atoms with van der Waals surface area (Å²) in [6.45, 7) is 6.14. The maximum absolute atomic E-state index is 11.8. The Morgan fingerprint density at radius 1 is 1.35 bits per heavy atom. The number of hydrogen-bond donors (Lipinski definition) is 1. The highest BCUT2D eigenvalue weighted by atomic mass is 16.5. The summed E-state index contributed by atoms with van der Waals surface area (Å²) in [6.07, 6.45) is 0. The maximum atomic E-state index is 11.8. The Hall–Kier alpha value is -1.14. The van der Waals surface area contributed by atoms with Crippen molar-refractivity contribution in [2.24, 2.45) is 0 Å². The van der Waals surface area contributed by atoms with Gasteiger partial charge in [-0.2, -0.15) is 0 Å². The highest BCUT2D eigenvalue weighted by Crippen LogP contribution is 1.97. The summed E-state index contributed by atoms with van der Waals surface area (Å²) in [5.41, 5.74) is 0. The van der Waals surface area contributed by atoms with Crippen LogP contribution < -0.4 is 5.32 Å². The first-order valence-corrected chi connectivity index (χ1v) is 5.99. The van der Waals surface area contributed by atoms with Crippen LogP contribution in [0.4, 0.5) is 0 Å². The van der Waals surface area contributed by atoms with Crippen molar-refractivity contribution >= 4 is 11.8 Å². The molecular formula is C11H21N3O3. The molecule has 1 N–H and O–H groups in total. The van der Waals surface area contributed by atoms with Crippen molar-refractivity contribution in [3.63, 3.8) is 0 Å². The number of carbonyl (C=O) groups excluding carboxylic acids is 2. The van der Waals surface area contributed by atoms with Gasteiger partial charge in [-0.05, 0) is 6.92 Å². The van der Waals surface area contributed by atoms with Crippen molar-refractivity contribution in [2.75, 3.05) is 53.0 Å². The summed E-state index contributed by atoms with van der Waals surface area (Å²) in [5.74, 6) is -0.864. The molecule has 0 aromatic heterocycles. The molecule has 0 bridgehead atoms. The van der Waals surface area contributed by atoms with Crippen LogP contribution in [-0.4, -0.2) is 74.6 Å². The number of likely N-dealkylation sites (N-methyl/N-ethyl adjacent to an activating group) is 1. The molecule has 1 aliphatic rings. The highest BCUT2D eigenvalue weighted by molar-refractivity contribution is 6.34. The Labute approximate surface area is 102 Å². The Kier molecular flexibility index (Phi) is 5.93. The predicted molar refractivity (Wildman–Crippen MR) is 63.6 cm³/mol. The summed E-state index contributed by atoms with van der Waals surface area (Å²) in [6, 6.07) is 0. The molecule has 0 aromatic rings. The molecule has 0 unspecified atom stereocenters. The standard InChI is InChI=1S/C11H21N3O3/c1-3-17-9-8-13(2)10(15)11(16)14-6-4-12-5-7-14/h12H,3-9H2,1-2H3. The van der Waals surface area contributed by atoms with E-state index in [9.17, 15) is 9.59 Å². The second-order valence-electron chi connectivity index (χ2n) is 3.97. The zero-order chi connectivity index (χ0) is 12.7. The van der Waals surface area contributed by atoms with E-state index in [-0.39, 0.29) is 0 Å².